The maximum Gasteiger partial charge on any atom is 0.338 e. The highest BCUT2D eigenvalue weighted by atomic mass is 32.2. The van der Waals surface area contributed by atoms with E-state index in [0.29, 0.717) is 0 Å². The summed E-state index contributed by atoms with van der Waals surface area (Å²) in [5.41, 5.74) is 0. The van der Waals surface area contributed by atoms with Crippen molar-refractivity contribution in [2.24, 2.45) is 0 Å². The van der Waals surface area contributed by atoms with Gasteiger partial charge in [0, 0.05) is 15.2 Å². The molecule has 0 aromatic rings. The lowest BCUT2D eigenvalue weighted by Gasteiger charge is -2.35. The molecule has 2 N–H and O–H groups in total. The van der Waals surface area contributed by atoms with Crippen molar-refractivity contribution >= 4 is 55.3 Å². The molecule has 0 aromatic heterocycles. The van der Waals surface area contributed by atoms with E-state index in [1.165, 1.54) is 0 Å². The Balaban J connectivity index is 0. The molecule has 1 fully saturated rings. The Morgan fingerprint density at radius 1 is 1.35 bits per heavy atom. The third kappa shape index (κ3) is 7.64. The smallest absolute Gasteiger partial charge is 0.338 e. The molecule has 0 aromatic carbocycles. The summed E-state index contributed by atoms with van der Waals surface area (Å²) in [6.45, 7) is -0.0664. The highest BCUT2D eigenvalue weighted by molar-refractivity contribution is 7.94. The highest BCUT2D eigenvalue weighted by Crippen LogP contribution is 2.23. The molecule has 0 aliphatic carbocycles. The number of esters is 1. The zero-order chi connectivity index (χ0) is 19.0. The molecule has 1 rings (SSSR count). The number of thiol groups is 2. The number of carbonyl (C=O) groups is 1. The van der Waals surface area contributed by atoms with Crippen molar-refractivity contribution in [2.45, 2.75) is 24.4 Å². The molecule has 1 aliphatic rings. The van der Waals surface area contributed by atoms with Gasteiger partial charge in [-0.2, -0.15) is 25.3 Å². The van der Waals surface area contributed by atoms with Crippen molar-refractivity contribution in [1.82, 2.24) is 0 Å². The van der Waals surface area contributed by atoms with Crippen LogP contribution in [-0.2, 0) is 17.9 Å². The quantitative estimate of drug-likeness (QED) is 0.224. The Labute approximate surface area is 145 Å². The first-order chi connectivity index (χ1) is 11.7. The zero-order valence-electron chi connectivity index (χ0n) is 15.1. The van der Waals surface area contributed by atoms with Gasteiger partial charge in [0.15, 0.2) is 12.2 Å². The monoisotopic (exact) mass is 374 g/mol. The Kier molecular flexibility index (Phi) is 11.4. The van der Waals surface area contributed by atoms with Gasteiger partial charge in [-0.1, -0.05) is 0 Å². The standard InChI is InChI=1S/C8H14O6S2.2CH4S/c1-15-12-3-4-7(14-16-2)5(9)6(10)8(11)13-4;2*1-2/h4-7,9-10H,3H2,1-2H3;2*2H,1H3/t4-,5-,6-,7-;;/m1../s1/i1T,2T,9T,10T;;. The van der Waals surface area contributed by atoms with Crippen molar-refractivity contribution in [3.63, 3.8) is 0 Å². The summed E-state index contributed by atoms with van der Waals surface area (Å²) in [5.74, 6) is -0.850. The van der Waals surface area contributed by atoms with E-state index in [2.05, 4.69) is 35.5 Å². The molecular weight excluding hydrogens is 344 g/mol. The summed E-state index contributed by atoms with van der Waals surface area (Å²) in [6.07, 6.45) is -1.09. The lowest BCUT2D eigenvalue weighted by molar-refractivity contribution is -0.199. The van der Waals surface area contributed by atoms with Gasteiger partial charge < -0.3 is 23.3 Å². The predicted octanol–water partition coefficient (Wildman–Crippen LogP) is 0.683. The fraction of sp³-hybridized carbons (Fsp3) is 0.900. The summed E-state index contributed by atoms with van der Waals surface area (Å²) in [7, 11) is 0. The summed E-state index contributed by atoms with van der Waals surface area (Å²) in [4.78, 5) is 11.6. The molecule has 0 unspecified atom stereocenters. The Morgan fingerprint density at radius 2 is 2.05 bits per heavy atom. The van der Waals surface area contributed by atoms with E-state index in [4.69, 9.17) is 18.7 Å². The molecular formula is C10H22O6S4. The number of aliphatic hydroxyl groups is 2. The van der Waals surface area contributed by atoms with E-state index in [-0.39, 0.29) is 19.1 Å². The van der Waals surface area contributed by atoms with Crippen LogP contribution in [0.4, 0.5) is 0 Å². The molecule has 4 atom stereocenters. The van der Waals surface area contributed by atoms with Gasteiger partial charge >= 0.3 is 5.97 Å². The fourth-order valence-corrected chi connectivity index (χ4v) is 1.86. The predicted molar refractivity (Wildman–Crippen MR) is 89.6 cm³/mol. The van der Waals surface area contributed by atoms with Gasteiger partial charge in [0.25, 0.3) is 0 Å². The first-order valence-corrected chi connectivity index (χ1v) is 8.75. The van der Waals surface area contributed by atoms with Crippen molar-refractivity contribution in [1.29, 1.82) is 2.86 Å². The number of carbonyl (C=O) groups excluding carboxylic acids is 1. The fourth-order valence-electron chi connectivity index (χ4n) is 1.24. The first-order valence-electron chi connectivity index (χ1n) is 7.37. The molecule has 1 saturated heterocycles. The number of ether oxygens (including phenoxy) is 1. The van der Waals surface area contributed by atoms with E-state index in [1.54, 1.807) is 12.5 Å². The van der Waals surface area contributed by atoms with Gasteiger partial charge in [-0.05, 0) is 36.6 Å². The number of aliphatic hydroxyl groups excluding tert-OH is 2. The maximum absolute atomic E-state index is 11.6. The second kappa shape index (κ2) is 14.6. The number of hydrogen-bond acceptors (Lipinski definition) is 10. The van der Waals surface area contributed by atoms with Crippen LogP contribution >= 0.6 is 49.3 Å². The largest absolute Gasteiger partial charge is 0.455 e. The van der Waals surface area contributed by atoms with E-state index in [1.807, 2.05) is 0 Å². The summed E-state index contributed by atoms with van der Waals surface area (Å²) < 4.78 is 43.2. The Hall–Kier alpha value is 0.710. The lowest BCUT2D eigenvalue weighted by atomic mass is 10.0. The van der Waals surface area contributed by atoms with Gasteiger partial charge in [-0.3, -0.25) is 0 Å². The number of cyclic esters (lactones) is 1. The lowest BCUT2D eigenvalue weighted by Crippen LogP contribution is -2.57. The minimum Gasteiger partial charge on any atom is -0.455 e. The van der Waals surface area contributed by atoms with Gasteiger partial charge in [-0.15, -0.1) is 0 Å². The summed E-state index contributed by atoms with van der Waals surface area (Å²) in [6, 6.07) is 0. The maximum atomic E-state index is 11.6. The van der Waals surface area contributed by atoms with Crippen LogP contribution < -0.4 is 0 Å². The van der Waals surface area contributed by atoms with Crippen LogP contribution in [0.25, 0.3) is 0 Å². The molecule has 10 heteroatoms. The second-order valence-corrected chi connectivity index (χ2v) is 3.84. The van der Waals surface area contributed by atoms with Crippen LogP contribution in [0.5, 0.6) is 0 Å². The molecule has 122 valence electrons. The summed E-state index contributed by atoms with van der Waals surface area (Å²) >= 11 is 8.71. The van der Waals surface area contributed by atoms with Crippen molar-refractivity contribution in [3.8, 4) is 0 Å². The van der Waals surface area contributed by atoms with E-state index >= 15 is 0 Å². The molecule has 6 nitrogen and oxygen atoms in total. The average Bonchev–Trinajstić information content (AvgIpc) is 2.63. The summed E-state index contributed by atoms with van der Waals surface area (Å²) in [5, 5.41) is 8.63. The van der Waals surface area contributed by atoms with Crippen LogP contribution in [0.1, 0.15) is 2.74 Å². The topological polar surface area (TPSA) is 85.2 Å². The third-order valence-electron chi connectivity index (χ3n) is 1.98. The van der Waals surface area contributed by atoms with Crippen LogP contribution in [0.15, 0.2) is 0 Å². The Morgan fingerprint density at radius 3 is 2.60 bits per heavy atom. The van der Waals surface area contributed by atoms with Crippen molar-refractivity contribution in [2.75, 3.05) is 31.6 Å². The highest BCUT2D eigenvalue weighted by Gasteiger charge is 2.45. The molecule has 0 radical (unpaired) electrons. The molecule has 1 aliphatic heterocycles. The SMILES string of the molecule is CS.CS.[3H]CSOC[C@H]1OC(=O)[C@H](O[3H])[C@@H](O[3H])[C@@H]1OSC[3H]. The molecule has 0 spiro atoms. The Bertz CT molecular complexity index is 311. The van der Waals surface area contributed by atoms with Crippen LogP contribution in [0.3, 0.4) is 0 Å². The van der Waals surface area contributed by atoms with Crippen molar-refractivity contribution < 1.29 is 30.9 Å². The first kappa shape index (κ1) is 15.6. The zero-order valence-corrected chi connectivity index (χ0v) is 14.5. The molecule has 20 heavy (non-hydrogen) atoms. The molecule has 1 heterocycles. The van der Waals surface area contributed by atoms with E-state index < -0.39 is 30.4 Å². The third-order valence-corrected chi connectivity index (χ3v) is 2.64. The number of rotatable bonds is 7. The second-order valence-electron chi connectivity index (χ2n) is 2.94. The minimum absolute atomic E-state index is 0.0233. The normalized spacial score (nSPS) is 31.1. The minimum atomic E-state index is -1.40. The van der Waals surface area contributed by atoms with Gasteiger partial charge in [-0.25, -0.2) is 4.79 Å². The van der Waals surface area contributed by atoms with Crippen molar-refractivity contribution in [3.05, 3.63) is 0 Å². The molecule has 0 saturated carbocycles. The average molecular weight is 375 g/mol. The van der Waals surface area contributed by atoms with Crippen LogP contribution in [0, 0.1) is 0 Å². The molecule has 0 bridgehead atoms. The van der Waals surface area contributed by atoms with Gasteiger partial charge in [0.05, 0.1) is 0 Å². The van der Waals surface area contributed by atoms with Gasteiger partial charge in [0.2, 0.25) is 2.86 Å². The van der Waals surface area contributed by atoms with E-state index in [9.17, 15) is 4.79 Å². The van der Waals surface area contributed by atoms with E-state index in [0.717, 1.165) is 24.1 Å². The van der Waals surface area contributed by atoms with Crippen LogP contribution in [0.2, 0.25) is 0 Å². The van der Waals surface area contributed by atoms with Gasteiger partial charge in [0.1, 0.15) is 18.8 Å². The van der Waals surface area contributed by atoms with Crippen LogP contribution in [-0.4, -0.2) is 75.0 Å². The number of hydrogen-bond donors (Lipinski definition) is 4. The molecule has 0 amide bonds.